The molecule has 0 amide bonds. The highest BCUT2D eigenvalue weighted by Gasteiger charge is 2.58. The van der Waals surface area contributed by atoms with Crippen molar-refractivity contribution in [1.29, 1.82) is 0 Å². The molecule has 28 heavy (non-hydrogen) atoms. The van der Waals surface area contributed by atoms with Gasteiger partial charge in [0, 0.05) is 10.8 Å². The molecule has 0 radical (unpaired) electrons. The molecule has 0 unspecified atom stereocenters. The summed E-state index contributed by atoms with van der Waals surface area (Å²) >= 11 is 0. The zero-order valence-corrected chi connectivity index (χ0v) is 18.1. The predicted molar refractivity (Wildman–Crippen MR) is 108 cm³/mol. The number of hydrogen-bond acceptors (Lipinski definition) is 4. The topological polar surface area (TPSA) is 36.9 Å². The van der Waals surface area contributed by atoms with E-state index >= 15 is 0 Å². The predicted octanol–water partition coefficient (Wildman–Crippen LogP) is 4.46. The van der Waals surface area contributed by atoms with E-state index in [2.05, 4.69) is 13.8 Å². The summed E-state index contributed by atoms with van der Waals surface area (Å²) in [6.45, 7) is 11.8. The highest BCUT2D eigenvalue weighted by atomic mass is 16.5. The molecular weight excluding hydrogens is 352 g/mol. The molecule has 4 heteroatoms. The van der Waals surface area contributed by atoms with Crippen LogP contribution in [-0.2, 0) is 18.9 Å². The van der Waals surface area contributed by atoms with Gasteiger partial charge >= 0.3 is 0 Å². The Morgan fingerprint density at radius 3 is 1.43 bits per heavy atom. The molecule has 6 fully saturated rings. The lowest BCUT2D eigenvalue weighted by atomic mass is 9.44. The summed E-state index contributed by atoms with van der Waals surface area (Å²) in [4.78, 5) is 0. The van der Waals surface area contributed by atoms with Crippen LogP contribution in [0.2, 0.25) is 0 Å². The lowest BCUT2D eigenvalue weighted by Gasteiger charge is -2.62. The molecule has 0 aromatic heterocycles. The van der Waals surface area contributed by atoms with Crippen LogP contribution in [-0.4, -0.2) is 52.9 Å². The highest BCUT2D eigenvalue weighted by molar-refractivity contribution is 5.08. The summed E-state index contributed by atoms with van der Waals surface area (Å²) in [5.74, 6) is 1.82. The summed E-state index contributed by atoms with van der Waals surface area (Å²) in [5.41, 5.74) is 1.47. The first-order valence-electron chi connectivity index (χ1n) is 11.8. The standard InChI is InChI=1S/C24H40O4/c1-3-21(11-25-12-21)15-27-17-23-6-19-5-20(7-23)9-24(8-19,10-23)18-28-16-22(4-2)13-26-14-22/h19-20H,3-18H2,1-2H3. The minimum atomic E-state index is 0.308. The highest BCUT2D eigenvalue weighted by Crippen LogP contribution is 2.65. The van der Waals surface area contributed by atoms with Crippen LogP contribution in [0.15, 0.2) is 0 Å². The quantitative estimate of drug-likeness (QED) is 0.550. The van der Waals surface area contributed by atoms with E-state index < -0.39 is 0 Å². The van der Waals surface area contributed by atoms with Crippen molar-refractivity contribution in [3.8, 4) is 0 Å². The van der Waals surface area contributed by atoms with Crippen LogP contribution in [0.25, 0.3) is 0 Å². The second-order valence-corrected chi connectivity index (χ2v) is 11.6. The van der Waals surface area contributed by atoms with E-state index in [1.165, 1.54) is 51.4 Å². The van der Waals surface area contributed by atoms with Crippen LogP contribution in [0.4, 0.5) is 0 Å². The Hall–Kier alpha value is -0.160. The first kappa shape index (κ1) is 19.8. The second kappa shape index (κ2) is 7.21. The van der Waals surface area contributed by atoms with Crippen molar-refractivity contribution in [3.63, 3.8) is 0 Å². The van der Waals surface area contributed by atoms with E-state index in [-0.39, 0.29) is 0 Å². The van der Waals surface area contributed by atoms with E-state index in [0.29, 0.717) is 21.7 Å². The summed E-state index contributed by atoms with van der Waals surface area (Å²) in [6.07, 6.45) is 10.7. The van der Waals surface area contributed by atoms with Crippen molar-refractivity contribution in [1.82, 2.24) is 0 Å². The van der Waals surface area contributed by atoms with Gasteiger partial charge in [0.25, 0.3) is 0 Å². The van der Waals surface area contributed by atoms with Gasteiger partial charge in [-0.05, 0) is 74.0 Å². The fraction of sp³-hybridized carbons (Fsp3) is 1.00. The molecule has 0 spiro atoms. The Morgan fingerprint density at radius 1 is 0.679 bits per heavy atom. The first-order valence-corrected chi connectivity index (χ1v) is 11.8. The fourth-order valence-corrected chi connectivity index (χ4v) is 7.52. The minimum absolute atomic E-state index is 0.308. The van der Waals surface area contributed by atoms with E-state index in [1.807, 2.05) is 0 Å². The van der Waals surface area contributed by atoms with Gasteiger partial charge in [-0.3, -0.25) is 0 Å². The van der Waals surface area contributed by atoms with Crippen molar-refractivity contribution in [2.24, 2.45) is 33.5 Å². The third-order valence-electron chi connectivity index (χ3n) is 9.07. The maximum absolute atomic E-state index is 6.43. The summed E-state index contributed by atoms with van der Waals surface area (Å²) < 4.78 is 23.8. The molecule has 0 atom stereocenters. The minimum Gasteiger partial charge on any atom is -0.380 e. The average molecular weight is 393 g/mol. The van der Waals surface area contributed by atoms with Crippen molar-refractivity contribution in [2.75, 3.05) is 52.9 Å². The number of hydrogen-bond donors (Lipinski definition) is 0. The molecule has 4 nitrogen and oxygen atoms in total. The molecule has 0 aromatic carbocycles. The molecule has 0 N–H and O–H groups in total. The smallest absolute Gasteiger partial charge is 0.0566 e. The van der Waals surface area contributed by atoms with Crippen molar-refractivity contribution in [2.45, 2.75) is 65.2 Å². The van der Waals surface area contributed by atoms with Crippen LogP contribution in [0.1, 0.15) is 65.2 Å². The monoisotopic (exact) mass is 392 g/mol. The van der Waals surface area contributed by atoms with Crippen molar-refractivity contribution >= 4 is 0 Å². The van der Waals surface area contributed by atoms with Gasteiger partial charge in [0.15, 0.2) is 0 Å². The molecule has 4 aliphatic carbocycles. The molecule has 2 aliphatic heterocycles. The van der Waals surface area contributed by atoms with E-state index in [0.717, 1.165) is 64.7 Å². The maximum atomic E-state index is 6.43. The Morgan fingerprint density at radius 2 is 1.11 bits per heavy atom. The van der Waals surface area contributed by atoms with Gasteiger partial charge in [-0.1, -0.05) is 13.8 Å². The fourth-order valence-electron chi connectivity index (χ4n) is 7.52. The van der Waals surface area contributed by atoms with Crippen LogP contribution >= 0.6 is 0 Å². The van der Waals surface area contributed by atoms with E-state index in [1.54, 1.807) is 0 Å². The van der Waals surface area contributed by atoms with Gasteiger partial charge in [-0.25, -0.2) is 0 Å². The summed E-state index contributed by atoms with van der Waals surface area (Å²) in [5, 5.41) is 0. The van der Waals surface area contributed by atoms with Gasteiger partial charge in [0.2, 0.25) is 0 Å². The third-order valence-corrected chi connectivity index (χ3v) is 9.07. The van der Waals surface area contributed by atoms with E-state index in [4.69, 9.17) is 18.9 Å². The molecule has 0 aromatic rings. The van der Waals surface area contributed by atoms with Crippen molar-refractivity contribution in [3.05, 3.63) is 0 Å². The Labute approximate surface area is 171 Å². The van der Waals surface area contributed by atoms with Gasteiger partial charge in [-0.2, -0.15) is 0 Å². The van der Waals surface area contributed by atoms with Gasteiger partial charge in [-0.15, -0.1) is 0 Å². The number of rotatable bonds is 10. The lowest BCUT2D eigenvalue weighted by Crippen LogP contribution is -2.56. The Balaban J connectivity index is 1.19. The molecule has 4 bridgehead atoms. The van der Waals surface area contributed by atoms with Crippen molar-refractivity contribution < 1.29 is 18.9 Å². The molecule has 6 rings (SSSR count). The normalized spacial score (nSPS) is 42.2. The zero-order valence-electron chi connectivity index (χ0n) is 18.1. The summed E-state index contributed by atoms with van der Waals surface area (Å²) in [7, 11) is 0. The third kappa shape index (κ3) is 3.46. The largest absolute Gasteiger partial charge is 0.380 e. The Kier molecular flexibility index (Phi) is 5.10. The summed E-state index contributed by atoms with van der Waals surface area (Å²) in [6, 6.07) is 0. The van der Waals surface area contributed by atoms with Gasteiger partial charge < -0.3 is 18.9 Å². The SMILES string of the molecule is CCC1(COCC23CC4CC(C2)CC(COCC2(CC)COC2)(C4)C3)COC1. The molecule has 2 heterocycles. The van der Waals surface area contributed by atoms with Crippen LogP contribution in [0, 0.1) is 33.5 Å². The van der Waals surface area contributed by atoms with Crippen LogP contribution < -0.4 is 0 Å². The molecule has 2 saturated heterocycles. The van der Waals surface area contributed by atoms with Gasteiger partial charge in [0.05, 0.1) is 52.9 Å². The molecule has 160 valence electrons. The lowest BCUT2D eigenvalue weighted by molar-refractivity contribution is -0.198. The molecular formula is C24H40O4. The van der Waals surface area contributed by atoms with Gasteiger partial charge in [0.1, 0.15) is 0 Å². The molecule has 4 saturated carbocycles. The van der Waals surface area contributed by atoms with Crippen LogP contribution in [0.5, 0.6) is 0 Å². The zero-order chi connectivity index (χ0) is 19.3. The van der Waals surface area contributed by atoms with Crippen LogP contribution in [0.3, 0.4) is 0 Å². The molecule has 6 aliphatic rings. The van der Waals surface area contributed by atoms with E-state index in [9.17, 15) is 0 Å². The maximum Gasteiger partial charge on any atom is 0.0566 e. The second-order valence-electron chi connectivity index (χ2n) is 11.6. The first-order chi connectivity index (χ1) is 13.5. The number of ether oxygens (including phenoxy) is 4. The Bertz CT molecular complexity index is 494. The average Bonchev–Trinajstić information content (AvgIpc) is 2.58.